The molecule has 1 aliphatic rings. The third-order valence-corrected chi connectivity index (χ3v) is 3.32. The van der Waals surface area contributed by atoms with Crippen molar-refractivity contribution in [1.29, 1.82) is 0 Å². The second-order valence-electron chi connectivity index (χ2n) is 4.02. The molecule has 2 rings (SSSR count). The lowest BCUT2D eigenvalue weighted by Gasteiger charge is -2.09. The van der Waals surface area contributed by atoms with Crippen LogP contribution in [0.3, 0.4) is 0 Å². The summed E-state index contributed by atoms with van der Waals surface area (Å²) in [5.41, 5.74) is 1.18. The van der Waals surface area contributed by atoms with Crippen molar-refractivity contribution in [2.24, 2.45) is 5.92 Å². The van der Waals surface area contributed by atoms with E-state index in [1.54, 1.807) is 7.11 Å². The van der Waals surface area contributed by atoms with E-state index in [4.69, 9.17) is 16.3 Å². The van der Waals surface area contributed by atoms with E-state index < -0.39 is 0 Å². The molecule has 1 aliphatic carbocycles. The number of methoxy groups -OCH3 is 1. The fraction of sp³-hybridized carbons (Fsp3) is 0.500. The summed E-state index contributed by atoms with van der Waals surface area (Å²) >= 11 is 6.21. The van der Waals surface area contributed by atoms with Gasteiger partial charge in [0.2, 0.25) is 0 Å². The molecule has 0 bridgehead atoms. The molecule has 1 saturated carbocycles. The molecule has 0 amide bonds. The van der Waals surface area contributed by atoms with Gasteiger partial charge in [0.15, 0.2) is 0 Å². The second-order valence-corrected chi connectivity index (χ2v) is 4.42. The summed E-state index contributed by atoms with van der Waals surface area (Å²) in [4.78, 5) is 0. The van der Waals surface area contributed by atoms with Gasteiger partial charge in [0, 0.05) is 10.6 Å². The number of hydrogen-bond donors (Lipinski definition) is 1. The van der Waals surface area contributed by atoms with Gasteiger partial charge in [0.1, 0.15) is 5.75 Å². The first-order chi connectivity index (χ1) is 7.27. The molecule has 82 valence electrons. The number of ether oxygens (including phenoxy) is 1. The van der Waals surface area contributed by atoms with Crippen molar-refractivity contribution in [3.63, 3.8) is 0 Å². The zero-order valence-electron chi connectivity index (χ0n) is 9.09. The molecule has 2 nitrogen and oxygen atoms in total. The summed E-state index contributed by atoms with van der Waals surface area (Å²) in [6.45, 7) is 1.05. The summed E-state index contributed by atoms with van der Waals surface area (Å²) in [7, 11) is 3.68. The average Bonchev–Trinajstić information content (AvgIpc) is 2.97. The Morgan fingerprint density at radius 2 is 2.33 bits per heavy atom. The molecule has 2 atom stereocenters. The van der Waals surface area contributed by atoms with Crippen LogP contribution in [0, 0.1) is 5.92 Å². The van der Waals surface area contributed by atoms with Crippen LogP contribution in [-0.4, -0.2) is 20.7 Å². The average molecular weight is 226 g/mol. The Morgan fingerprint density at radius 3 is 3.00 bits per heavy atom. The third kappa shape index (κ3) is 2.11. The number of benzene rings is 1. The van der Waals surface area contributed by atoms with Crippen LogP contribution < -0.4 is 10.1 Å². The van der Waals surface area contributed by atoms with E-state index in [0.29, 0.717) is 11.8 Å². The fourth-order valence-corrected chi connectivity index (χ4v) is 2.45. The van der Waals surface area contributed by atoms with Gasteiger partial charge in [-0.3, -0.25) is 0 Å². The van der Waals surface area contributed by atoms with Gasteiger partial charge >= 0.3 is 0 Å². The lowest BCUT2D eigenvalue weighted by atomic mass is 10.1. The largest absolute Gasteiger partial charge is 0.496 e. The van der Waals surface area contributed by atoms with Crippen molar-refractivity contribution in [3.05, 3.63) is 28.8 Å². The molecule has 1 aromatic carbocycles. The van der Waals surface area contributed by atoms with Crippen molar-refractivity contribution in [2.75, 3.05) is 20.7 Å². The molecule has 0 aliphatic heterocycles. The molecule has 0 heterocycles. The summed E-state index contributed by atoms with van der Waals surface area (Å²) in [5.74, 6) is 2.20. The standard InChI is InChI=1S/C12H16ClNO/c1-14-7-8-6-9(8)12-10(13)4-3-5-11(12)15-2/h3-5,8-9,14H,6-7H2,1-2H3. The monoisotopic (exact) mass is 225 g/mol. The Morgan fingerprint density at radius 1 is 1.53 bits per heavy atom. The van der Waals surface area contributed by atoms with Gasteiger partial charge in [-0.2, -0.15) is 0 Å². The van der Waals surface area contributed by atoms with Crippen molar-refractivity contribution in [3.8, 4) is 5.75 Å². The summed E-state index contributed by atoms with van der Waals surface area (Å²) < 4.78 is 5.35. The van der Waals surface area contributed by atoms with E-state index in [9.17, 15) is 0 Å². The second kappa shape index (κ2) is 4.42. The third-order valence-electron chi connectivity index (χ3n) is 2.99. The van der Waals surface area contributed by atoms with Gasteiger partial charge in [-0.05, 0) is 44.0 Å². The normalized spacial score (nSPS) is 23.9. The maximum absolute atomic E-state index is 6.21. The maximum Gasteiger partial charge on any atom is 0.123 e. The van der Waals surface area contributed by atoms with E-state index in [1.807, 2.05) is 25.2 Å². The highest BCUT2D eigenvalue weighted by molar-refractivity contribution is 6.31. The summed E-state index contributed by atoms with van der Waals surface area (Å²) in [5, 5.41) is 4.03. The molecule has 0 spiro atoms. The van der Waals surface area contributed by atoms with E-state index in [2.05, 4.69) is 5.32 Å². The topological polar surface area (TPSA) is 21.3 Å². The van der Waals surface area contributed by atoms with Crippen molar-refractivity contribution in [1.82, 2.24) is 5.32 Å². The Hall–Kier alpha value is -0.730. The van der Waals surface area contributed by atoms with Crippen LogP contribution in [0.5, 0.6) is 5.75 Å². The molecule has 1 aromatic rings. The smallest absolute Gasteiger partial charge is 0.123 e. The van der Waals surface area contributed by atoms with Crippen LogP contribution in [0.2, 0.25) is 5.02 Å². The highest BCUT2D eigenvalue weighted by atomic mass is 35.5. The SMILES string of the molecule is CNCC1CC1c1c(Cl)cccc1OC. The highest BCUT2D eigenvalue weighted by Crippen LogP contribution is 2.52. The van der Waals surface area contributed by atoms with Gasteiger partial charge in [-0.1, -0.05) is 17.7 Å². The number of nitrogens with one attached hydrogen (secondary N) is 1. The van der Waals surface area contributed by atoms with E-state index in [1.165, 1.54) is 12.0 Å². The van der Waals surface area contributed by atoms with Gasteiger partial charge in [0.25, 0.3) is 0 Å². The molecule has 15 heavy (non-hydrogen) atoms. The quantitative estimate of drug-likeness (QED) is 0.851. The van der Waals surface area contributed by atoms with E-state index >= 15 is 0 Å². The summed E-state index contributed by atoms with van der Waals surface area (Å²) in [6, 6.07) is 5.85. The zero-order valence-corrected chi connectivity index (χ0v) is 9.84. The van der Waals surface area contributed by atoms with Gasteiger partial charge in [-0.25, -0.2) is 0 Å². The summed E-state index contributed by atoms with van der Waals surface area (Å²) in [6.07, 6.45) is 1.21. The lowest BCUT2D eigenvalue weighted by Crippen LogP contribution is -2.10. The van der Waals surface area contributed by atoms with Crippen LogP contribution >= 0.6 is 11.6 Å². The predicted octanol–water partition coefficient (Wildman–Crippen LogP) is 2.67. The highest BCUT2D eigenvalue weighted by Gasteiger charge is 2.40. The Bertz CT molecular complexity index is 353. The van der Waals surface area contributed by atoms with Gasteiger partial charge in [0.05, 0.1) is 7.11 Å². The van der Waals surface area contributed by atoms with Crippen LogP contribution in [0.25, 0.3) is 0 Å². The first-order valence-electron chi connectivity index (χ1n) is 5.25. The van der Waals surface area contributed by atoms with E-state index in [0.717, 1.165) is 17.3 Å². The molecule has 3 heteroatoms. The molecular formula is C12H16ClNO. The maximum atomic E-state index is 6.21. The van der Waals surface area contributed by atoms with Crippen LogP contribution in [0.1, 0.15) is 17.9 Å². The first-order valence-corrected chi connectivity index (χ1v) is 5.62. The van der Waals surface area contributed by atoms with Gasteiger partial charge < -0.3 is 10.1 Å². The molecule has 0 saturated heterocycles. The van der Waals surface area contributed by atoms with Crippen LogP contribution in [-0.2, 0) is 0 Å². The van der Waals surface area contributed by atoms with Crippen molar-refractivity contribution >= 4 is 11.6 Å². The minimum Gasteiger partial charge on any atom is -0.496 e. The van der Waals surface area contributed by atoms with Crippen LogP contribution in [0.4, 0.5) is 0 Å². The number of rotatable bonds is 4. The lowest BCUT2D eigenvalue weighted by molar-refractivity contribution is 0.409. The molecular weight excluding hydrogens is 210 g/mol. The first kappa shape index (κ1) is 10.8. The Kier molecular flexibility index (Phi) is 3.17. The zero-order chi connectivity index (χ0) is 10.8. The molecule has 1 fully saturated rings. The fourth-order valence-electron chi connectivity index (χ4n) is 2.14. The Labute approximate surface area is 95.6 Å². The van der Waals surface area contributed by atoms with E-state index in [-0.39, 0.29) is 0 Å². The molecule has 1 N–H and O–H groups in total. The van der Waals surface area contributed by atoms with Crippen molar-refractivity contribution in [2.45, 2.75) is 12.3 Å². The van der Waals surface area contributed by atoms with Gasteiger partial charge in [-0.15, -0.1) is 0 Å². The molecule has 0 aromatic heterocycles. The van der Waals surface area contributed by atoms with Crippen molar-refractivity contribution < 1.29 is 4.74 Å². The Balaban J connectivity index is 2.21. The number of hydrogen-bond acceptors (Lipinski definition) is 2. The minimum atomic E-state index is 0.570. The molecule has 0 radical (unpaired) electrons. The van der Waals surface area contributed by atoms with Crippen LogP contribution in [0.15, 0.2) is 18.2 Å². The minimum absolute atomic E-state index is 0.570. The molecule has 2 unspecified atom stereocenters. The number of halogens is 1. The predicted molar refractivity (Wildman–Crippen MR) is 62.8 cm³/mol.